The summed E-state index contributed by atoms with van der Waals surface area (Å²) in [7, 11) is 1.76. The summed E-state index contributed by atoms with van der Waals surface area (Å²) in [6, 6.07) is 0. The van der Waals surface area contributed by atoms with Gasteiger partial charge in [-0.25, -0.2) is 0 Å². The van der Waals surface area contributed by atoms with E-state index in [0.717, 1.165) is 0 Å². The zero-order valence-electron chi connectivity index (χ0n) is 8.80. The Hall–Kier alpha value is -0.940. The average molecular weight is 199 g/mol. The van der Waals surface area contributed by atoms with E-state index in [2.05, 4.69) is 10.3 Å². The Labute approximate surface area is 83.4 Å². The molecule has 0 fully saturated rings. The molecule has 0 spiro atoms. The van der Waals surface area contributed by atoms with Crippen molar-refractivity contribution in [2.24, 2.45) is 7.05 Å². The smallest absolute Gasteiger partial charge is 0.0880 e. The van der Waals surface area contributed by atoms with Gasteiger partial charge in [0.2, 0.25) is 0 Å². The molecule has 5 nitrogen and oxygen atoms in total. The predicted molar refractivity (Wildman–Crippen MR) is 51.6 cm³/mol. The van der Waals surface area contributed by atoms with Crippen LogP contribution in [0.5, 0.6) is 0 Å². The molecule has 1 aromatic rings. The van der Waals surface area contributed by atoms with Crippen molar-refractivity contribution in [3.8, 4) is 0 Å². The highest BCUT2D eigenvalue weighted by atomic mass is 16.3. The lowest BCUT2D eigenvalue weighted by Crippen LogP contribution is -2.40. The van der Waals surface area contributed by atoms with Gasteiger partial charge in [0.15, 0.2) is 0 Å². The van der Waals surface area contributed by atoms with Crippen molar-refractivity contribution in [2.45, 2.75) is 38.4 Å². The molecule has 0 aliphatic carbocycles. The second-order valence-corrected chi connectivity index (χ2v) is 3.81. The van der Waals surface area contributed by atoms with Gasteiger partial charge < -0.3 is 10.2 Å². The summed E-state index contributed by atoms with van der Waals surface area (Å²) in [5.74, 6) is 0. The number of rotatable bonds is 4. The fourth-order valence-electron chi connectivity index (χ4n) is 1.14. The van der Waals surface area contributed by atoms with Crippen LogP contribution in [0.25, 0.3) is 0 Å². The van der Waals surface area contributed by atoms with Gasteiger partial charge in [-0.05, 0) is 13.3 Å². The van der Waals surface area contributed by atoms with Crippen LogP contribution < -0.4 is 0 Å². The summed E-state index contributed by atoms with van der Waals surface area (Å²) < 4.78 is 1.57. The molecule has 0 aliphatic rings. The Morgan fingerprint density at radius 3 is 2.71 bits per heavy atom. The maximum Gasteiger partial charge on any atom is 0.0880 e. The molecule has 2 atom stereocenters. The molecule has 14 heavy (non-hydrogen) atoms. The Morgan fingerprint density at radius 1 is 1.64 bits per heavy atom. The van der Waals surface area contributed by atoms with Crippen molar-refractivity contribution in [1.82, 2.24) is 15.0 Å². The molecule has 2 N–H and O–H groups in total. The quantitative estimate of drug-likeness (QED) is 0.709. The molecular weight excluding hydrogens is 182 g/mol. The lowest BCUT2D eigenvalue weighted by molar-refractivity contribution is -0.0633. The first-order chi connectivity index (χ1) is 6.45. The Morgan fingerprint density at radius 2 is 2.29 bits per heavy atom. The Bertz CT molecular complexity index is 296. The van der Waals surface area contributed by atoms with E-state index in [4.69, 9.17) is 0 Å². The lowest BCUT2D eigenvalue weighted by Gasteiger charge is -2.26. The molecule has 2 unspecified atom stereocenters. The minimum atomic E-state index is -1.06. The lowest BCUT2D eigenvalue weighted by atomic mass is 9.93. The van der Waals surface area contributed by atoms with Crippen LogP contribution in [-0.2, 0) is 13.5 Å². The van der Waals surface area contributed by atoms with Crippen molar-refractivity contribution in [3.63, 3.8) is 0 Å². The summed E-state index contributed by atoms with van der Waals surface area (Å²) in [6.45, 7) is 3.45. The molecule has 0 bridgehead atoms. The van der Waals surface area contributed by atoms with Gasteiger partial charge in [-0.1, -0.05) is 12.1 Å². The fourth-order valence-corrected chi connectivity index (χ4v) is 1.14. The molecular formula is C9H17N3O2. The van der Waals surface area contributed by atoms with Gasteiger partial charge in [0.25, 0.3) is 0 Å². The van der Waals surface area contributed by atoms with Gasteiger partial charge in [-0.2, -0.15) is 0 Å². The molecule has 1 aromatic heterocycles. The molecule has 0 saturated heterocycles. The van der Waals surface area contributed by atoms with Crippen LogP contribution in [0.15, 0.2) is 6.20 Å². The average Bonchev–Trinajstić information content (AvgIpc) is 2.51. The number of aliphatic hydroxyl groups is 2. The summed E-state index contributed by atoms with van der Waals surface area (Å²) in [5, 5.41) is 27.1. The van der Waals surface area contributed by atoms with E-state index in [1.165, 1.54) is 0 Å². The van der Waals surface area contributed by atoms with Gasteiger partial charge in [-0.3, -0.25) is 4.68 Å². The molecule has 80 valence electrons. The van der Waals surface area contributed by atoms with E-state index in [0.29, 0.717) is 18.5 Å². The molecule has 0 amide bonds. The van der Waals surface area contributed by atoms with Crippen LogP contribution in [0.4, 0.5) is 0 Å². The summed E-state index contributed by atoms with van der Waals surface area (Å²) >= 11 is 0. The Balaban J connectivity index is 2.61. The van der Waals surface area contributed by atoms with E-state index in [1.807, 2.05) is 6.92 Å². The van der Waals surface area contributed by atoms with Crippen LogP contribution in [0.2, 0.25) is 0 Å². The molecule has 1 heterocycles. The summed E-state index contributed by atoms with van der Waals surface area (Å²) in [4.78, 5) is 0. The standard InChI is InChI=1S/C9H17N3O2/c1-4-9(2,14)8(13)5-7-6-12(3)11-10-7/h6,8,13-14H,4-5H2,1-3H3. The highest BCUT2D eigenvalue weighted by molar-refractivity contribution is 4.97. The van der Waals surface area contributed by atoms with E-state index >= 15 is 0 Å². The minimum Gasteiger partial charge on any atom is -0.390 e. The van der Waals surface area contributed by atoms with Crippen molar-refractivity contribution < 1.29 is 10.2 Å². The van der Waals surface area contributed by atoms with E-state index in [1.54, 1.807) is 24.9 Å². The topological polar surface area (TPSA) is 71.2 Å². The summed E-state index contributed by atoms with van der Waals surface area (Å²) in [5.41, 5.74) is -0.369. The minimum absolute atomic E-state index is 0.328. The van der Waals surface area contributed by atoms with Gasteiger partial charge in [0.1, 0.15) is 0 Å². The number of hydrogen-bond acceptors (Lipinski definition) is 4. The van der Waals surface area contributed by atoms with Crippen LogP contribution in [-0.4, -0.2) is 36.9 Å². The van der Waals surface area contributed by atoms with Crippen molar-refractivity contribution in [1.29, 1.82) is 0 Å². The van der Waals surface area contributed by atoms with Crippen molar-refractivity contribution in [3.05, 3.63) is 11.9 Å². The molecule has 0 saturated carbocycles. The van der Waals surface area contributed by atoms with Crippen LogP contribution in [0, 0.1) is 0 Å². The second kappa shape index (κ2) is 4.06. The third-order valence-corrected chi connectivity index (χ3v) is 2.49. The zero-order valence-corrected chi connectivity index (χ0v) is 8.80. The highest BCUT2D eigenvalue weighted by Crippen LogP contribution is 2.17. The largest absolute Gasteiger partial charge is 0.390 e. The van der Waals surface area contributed by atoms with Gasteiger partial charge >= 0.3 is 0 Å². The Kier molecular flexibility index (Phi) is 3.23. The van der Waals surface area contributed by atoms with E-state index < -0.39 is 11.7 Å². The number of nitrogens with zero attached hydrogens (tertiary/aromatic N) is 3. The number of aryl methyl sites for hydroxylation is 1. The van der Waals surface area contributed by atoms with Gasteiger partial charge in [0.05, 0.1) is 17.4 Å². The third-order valence-electron chi connectivity index (χ3n) is 2.49. The molecule has 0 aromatic carbocycles. The SMILES string of the molecule is CCC(C)(O)C(O)Cc1cn(C)nn1. The fraction of sp³-hybridized carbons (Fsp3) is 0.778. The van der Waals surface area contributed by atoms with Crippen LogP contribution in [0.3, 0.4) is 0 Å². The first-order valence-electron chi connectivity index (χ1n) is 4.71. The number of aromatic nitrogens is 3. The van der Waals surface area contributed by atoms with E-state index in [-0.39, 0.29) is 0 Å². The van der Waals surface area contributed by atoms with Crippen molar-refractivity contribution in [2.75, 3.05) is 0 Å². The first-order valence-corrected chi connectivity index (χ1v) is 4.71. The van der Waals surface area contributed by atoms with Crippen molar-refractivity contribution >= 4 is 0 Å². The number of aliphatic hydroxyl groups excluding tert-OH is 1. The third kappa shape index (κ3) is 2.52. The van der Waals surface area contributed by atoms with E-state index in [9.17, 15) is 10.2 Å². The predicted octanol–water partition coefficient (Wildman–Crippen LogP) is -0.121. The van der Waals surface area contributed by atoms with Gasteiger partial charge in [0, 0.05) is 19.7 Å². The second-order valence-electron chi connectivity index (χ2n) is 3.81. The van der Waals surface area contributed by atoms with Crippen LogP contribution in [0.1, 0.15) is 26.0 Å². The maximum atomic E-state index is 9.75. The molecule has 5 heteroatoms. The molecule has 0 aliphatic heterocycles. The highest BCUT2D eigenvalue weighted by Gasteiger charge is 2.28. The molecule has 0 radical (unpaired) electrons. The summed E-state index contributed by atoms with van der Waals surface area (Å²) in [6.07, 6.45) is 1.77. The number of hydrogen-bond donors (Lipinski definition) is 2. The normalized spacial score (nSPS) is 17.8. The van der Waals surface area contributed by atoms with Gasteiger partial charge in [-0.15, -0.1) is 5.10 Å². The zero-order chi connectivity index (χ0) is 10.8. The monoisotopic (exact) mass is 199 g/mol. The first kappa shape index (κ1) is 11.1. The molecule has 1 rings (SSSR count). The van der Waals surface area contributed by atoms with Crippen LogP contribution >= 0.6 is 0 Å². The maximum absolute atomic E-state index is 9.75.